The van der Waals surface area contributed by atoms with Gasteiger partial charge in [-0.1, -0.05) is 24.3 Å². The molecule has 4 rings (SSSR count). The van der Waals surface area contributed by atoms with E-state index in [9.17, 15) is 9.18 Å². The third kappa shape index (κ3) is 3.49. The molecule has 0 radical (unpaired) electrons. The molecule has 6 heteroatoms. The van der Waals surface area contributed by atoms with Gasteiger partial charge < -0.3 is 20.1 Å². The maximum atomic E-state index is 14.1. The Bertz CT molecular complexity index is 851. The summed E-state index contributed by atoms with van der Waals surface area (Å²) in [4.78, 5) is 13.0. The molecule has 1 amide bonds. The molecule has 1 atom stereocenters. The minimum Gasteiger partial charge on any atom is -0.486 e. The summed E-state index contributed by atoms with van der Waals surface area (Å²) in [7, 11) is 0. The second kappa shape index (κ2) is 7.19. The van der Waals surface area contributed by atoms with E-state index in [1.807, 2.05) is 25.1 Å². The van der Waals surface area contributed by atoms with Crippen molar-refractivity contribution in [1.82, 2.24) is 10.6 Å². The molecule has 142 valence electrons. The van der Waals surface area contributed by atoms with Crippen LogP contribution in [-0.2, 0) is 11.2 Å². The summed E-state index contributed by atoms with van der Waals surface area (Å²) in [5, 5.41) is 6.24. The van der Waals surface area contributed by atoms with E-state index in [2.05, 4.69) is 10.6 Å². The van der Waals surface area contributed by atoms with Gasteiger partial charge in [-0.2, -0.15) is 0 Å². The van der Waals surface area contributed by atoms with Crippen LogP contribution in [0.3, 0.4) is 0 Å². The number of carbonyl (C=O) groups excluding carboxylic acids is 1. The van der Waals surface area contributed by atoms with E-state index in [0.717, 1.165) is 11.3 Å². The number of ether oxygens (including phenoxy) is 2. The quantitative estimate of drug-likeness (QED) is 0.850. The van der Waals surface area contributed by atoms with Crippen molar-refractivity contribution in [2.45, 2.75) is 19.4 Å². The van der Waals surface area contributed by atoms with Crippen LogP contribution in [0.25, 0.3) is 0 Å². The Morgan fingerprint density at radius 1 is 1.19 bits per heavy atom. The van der Waals surface area contributed by atoms with Crippen LogP contribution in [0.15, 0.2) is 42.5 Å². The first-order chi connectivity index (χ1) is 13.1. The van der Waals surface area contributed by atoms with Crippen LogP contribution in [-0.4, -0.2) is 32.2 Å². The number of carbonyl (C=O) groups is 1. The molecule has 1 saturated heterocycles. The van der Waals surface area contributed by atoms with E-state index in [4.69, 9.17) is 9.47 Å². The first-order valence-electron chi connectivity index (χ1n) is 9.22. The summed E-state index contributed by atoms with van der Waals surface area (Å²) in [5.74, 6) is 1.09. The van der Waals surface area contributed by atoms with Gasteiger partial charge >= 0.3 is 0 Å². The van der Waals surface area contributed by atoms with E-state index < -0.39 is 5.41 Å². The number of benzene rings is 2. The smallest absolute Gasteiger partial charge is 0.229 e. The van der Waals surface area contributed by atoms with E-state index >= 15 is 0 Å². The number of halogens is 1. The topological polar surface area (TPSA) is 59.6 Å². The summed E-state index contributed by atoms with van der Waals surface area (Å²) in [5.41, 5.74) is 0.895. The molecular formula is C21H23FN2O3. The molecule has 2 heterocycles. The van der Waals surface area contributed by atoms with Crippen molar-refractivity contribution >= 4 is 5.91 Å². The van der Waals surface area contributed by atoms with Crippen LogP contribution in [0.5, 0.6) is 11.5 Å². The third-order valence-electron chi connectivity index (χ3n) is 5.31. The first kappa shape index (κ1) is 17.8. The normalized spacial score (nSPS) is 18.3. The zero-order valence-electron chi connectivity index (χ0n) is 15.3. The van der Waals surface area contributed by atoms with Crippen LogP contribution in [0.4, 0.5) is 4.39 Å². The molecule has 2 aliphatic heterocycles. The SMILES string of the molecule is CC(NC(=O)C1(Cc2ccccc2F)CNC1)c1ccc2c(c1)OCCO2. The van der Waals surface area contributed by atoms with Gasteiger partial charge in [0.05, 0.1) is 11.5 Å². The van der Waals surface area contributed by atoms with Crippen molar-refractivity contribution in [2.75, 3.05) is 26.3 Å². The molecule has 1 unspecified atom stereocenters. The largest absolute Gasteiger partial charge is 0.486 e. The third-order valence-corrected chi connectivity index (χ3v) is 5.31. The number of hydrogen-bond donors (Lipinski definition) is 2. The Balaban J connectivity index is 1.48. The summed E-state index contributed by atoms with van der Waals surface area (Å²) >= 11 is 0. The lowest BCUT2D eigenvalue weighted by atomic mass is 9.75. The Kier molecular flexibility index (Phi) is 4.74. The fourth-order valence-electron chi connectivity index (χ4n) is 3.56. The van der Waals surface area contributed by atoms with Crippen molar-refractivity contribution in [2.24, 2.45) is 5.41 Å². The van der Waals surface area contributed by atoms with Gasteiger partial charge in [0.2, 0.25) is 5.91 Å². The van der Waals surface area contributed by atoms with E-state index in [1.165, 1.54) is 6.07 Å². The Morgan fingerprint density at radius 3 is 2.63 bits per heavy atom. The second-order valence-electron chi connectivity index (χ2n) is 7.25. The van der Waals surface area contributed by atoms with Crippen molar-refractivity contribution in [3.8, 4) is 11.5 Å². The minimum absolute atomic E-state index is 0.0631. The average Bonchev–Trinajstić information content (AvgIpc) is 2.65. The van der Waals surface area contributed by atoms with Crippen LogP contribution in [0, 0.1) is 11.2 Å². The summed E-state index contributed by atoms with van der Waals surface area (Å²) in [6.45, 7) is 4.09. The molecule has 0 aliphatic carbocycles. The highest BCUT2D eigenvalue weighted by molar-refractivity contribution is 5.85. The number of rotatable bonds is 5. The van der Waals surface area contributed by atoms with Gasteiger partial charge in [-0.05, 0) is 42.7 Å². The number of fused-ring (bicyclic) bond motifs is 1. The van der Waals surface area contributed by atoms with Gasteiger partial charge in [-0.15, -0.1) is 0 Å². The van der Waals surface area contributed by atoms with Gasteiger partial charge in [-0.3, -0.25) is 4.79 Å². The lowest BCUT2D eigenvalue weighted by Gasteiger charge is -2.42. The molecule has 2 N–H and O–H groups in total. The molecular weight excluding hydrogens is 347 g/mol. The van der Waals surface area contributed by atoms with E-state index in [1.54, 1.807) is 18.2 Å². The van der Waals surface area contributed by atoms with Crippen LogP contribution < -0.4 is 20.1 Å². The Morgan fingerprint density at radius 2 is 1.93 bits per heavy atom. The van der Waals surface area contributed by atoms with Crippen LogP contribution >= 0.6 is 0 Å². The zero-order valence-corrected chi connectivity index (χ0v) is 15.3. The average molecular weight is 370 g/mol. The molecule has 2 aromatic carbocycles. The first-order valence-corrected chi connectivity index (χ1v) is 9.22. The molecule has 0 aromatic heterocycles. The molecule has 27 heavy (non-hydrogen) atoms. The molecule has 0 bridgehead atoms. The van der Waals surface area contributed by atoms with Crippen molar-refractivity contribution in [1.29, 1.82) is 0 Å². The number of amides is 1. The summed E-state index contributed by atoms with van der Waals surface area (Å²) in [6, 6.07) is 12.2. The Labute approximate surface area is 157 Å². The highest BCUT2D eigenvalue weighted by Gasteiger charge is 2.45. The van der Waals surface area contributed by atoms with Crippen LogP contribution in [0.1, 0.15) is 24.1 Å². The molecule has 0 saturated carbocycles. The Hall–Kier alpha value is -2.60. The molecule has 5 nitrogen and oxygen atoms in total. The van der Waals surface area contributed by atoms with Gasteiger partial charge in [0, 0.05) is 13.1 Å². The van der Waals surface area contributed by atoms with Crippen molar-refractivity contribution < 1.29 is 18.7 Å². The fourth-order valence-corrected chi connectivity index (χ4v) is 3.56. The van der Waals surface area contributed by atoms with E-state index in [0.29, 0.717) is 44.0 Å². The molecule has 2 aliphatic rings. The minimum atomic E-state index is -0.621. The predicted molar refractivity (Wildman–Crippen MR) is 99.4 cm³/mol. The summed E-state index contributed by atoms with van der Waals surface area (Å²) in [6.07, 6.45) is 0.381. The fraction of sp³-hybridized carbons (Fsp3) is 0.381. The number of nitrogens with one attached hydrogen (secondary N) is 2. The van der Waals surface area contributed by atoms with Crippen molar-refractivity contribution in [3.63, 3.8) is 0 Å². The molecule has 2 aromatic rings. The van der Waals surface area contributed by atoms with E-state index in [-0.39, 0.29) is 17.8 Å². The standard InChI is InChI=1S/C21H23FN2O3/c1-14(15-6-7-18-19(10-15)27-9-8-26-18)24-20(25)21(12-23-13-21)11-16-4-2-3-5-17(16)22/h2-7,10,14,23H,8-9,11-13H2,1H3,(H,24,25). The molecule has 1 fully saturated rings. The highest BCUT2D eigenvalue weighted by atomic mass is 19.1. The van der Waals surface area contributed by atoms with Gasteiger partial charge in [0.1, 0.15) is 19.0 Å². The lowest BCUT2D eigenvalue weighted by molar-refractivity contribution is -0.134. The molecule has 0 spiro atoms. The maximum Gasteiger partial charge on any atom is 0.229 e. The highest BCUT2D eigenvalue weighted by Crippen LogP contribution is 2.34. The zero-order chi connectivity index (χ0) is 18.9. The predicted octanol–water partition coefficient (Wildman–Crippen LogP) is 2.61. The summed E-state index contributed by atoms with van der Waals surface area (Å²) < 4.78 is 25.2. The van der Waals surface area contributed by atoms with Gasteiger partial charge in [0.25, 0.3) is 0 Å². The monoisotopic (exact) mass is 370 g/mol. The lowest BCUT2D eigenvalue weighted by Crippen LogP contribution is -2.62. The number of hydrogen-bond acceptors (Lipinski definition) is 4. The maximum absolute atomic E-state index is 14.1. The van der Waals surface area contributed by atoms with Crippen LogP contribution in [0.2, 0.25) is 0 Å². The van der Waals surface area contributed by atoms with Gasteiger partial charge in [0.15, 0.2) is 11.5 Å². The second-order valence-corrected chi connectivity index (χ2v) is 7.25. The van der Waals surface area contributed by atoms with Gasteiger partial charge in [-0.25, -0.2) is 4.39 Å². The van der Waals surface area contributed by atoms with Crippen molar-refractivity contribution in [3.05, 3.63) is 59.4 Å².